The summed E-state index contributed by atoms with van der Waals surface area (Å²) in [6, 6.07) is 13.9. The van der Waals surface area contributed by atoms with E-state index in [1.54, 1.807) is 6.07 Å². The highest BCUT2D eigenvalue weighted by Crippen LogP contribution is 2.47. The van der Waals surface area contributed by atoms with Gasteiger partial charge in [-0.15, -0.1) is 0 Å². The molecule has 0 bridgehead atoms. The van der Waals surface area contributed by atoms with Crippen molar-refractivity contribution in [2.24, 2.45) is 0 Å². The van der Waals surface area contributed by atoms with Crippen LogP contribution in [0, 0.1) is 6.92 Å². The van der Waals surface area contributed by atoms with Crippen molar-refractivity contribution in [3.05, 3.63) is 84.1 Å². The maximum Gasteiger partial charge on any atom is 0.272 e. The van der Waals surface area contributed by atoms with Crippen molar-refractivity contribution < 1.29 is 4.79 Å². The number of nitrogens with zero attached hydrogens (tertiary/aromatic N) is 5. The predicted molar refractivity (Wildman–Crippen MR) is 117 cm³/mol. The van der Waals surface area contributed by atoms with Crippen LogP contribution in [0.15, 0.2) is 67.0 Å². The number of hydrogen-bond donors (Lipinski definition) is 0. The van der Waals surface area contributed by atoms with E-state index in [0.717, 1.165) is 29.2 Å². The fourth-order valence-electron chi connectivity index (χ4n) is 4.83. The quantitative estimate of drug-likeness (QED) is 0.630. The molecule has 1 fully saturated rings. The number of pyridine rings is 2. The first kappa shape index (κ1) is 18.6. The molecule has 6 nitrogen and oxygen atoms in total. The number of aromatic nitrogens is 3. The summed E-state index contributed by atoms with van der Waals surface area (Å²) in [7, 11) is 0. The minimum absolute atomic E-state index is 0.0130. The van der Waals surface area contributed by atoms with Gasteiger partial charge in [0.25, 0.3) is 5.91 Å². The average Bonchev–Trinajstić information content (AvgIpc) is 3.39. The molecule has 3 aromatic heterocycles. The zero-order chi connectivity index (χ0) is 20.9. The van der Waals surface area contributed by atoms with Crippen molar-refractivity contribution in [1.82, 2.24) is 19.4 Å². The fourth-order valence-corrected chi connectivity index (χ4v) is 4.83. The molecule has 0 unspecified atom stereocenters. The van der Waals surface area contributed by atoms with E-state index in [1.807, 2.05) is 43.1 Å². The molecule has 5 heterocycles. The lowest BCUT2D eigenvalue weighted by atomic mass is 9.88. The van der Waals surface area contributed by atoms with Gasteiger partial charge >= 0.3 is 0 Å². The normalized spacial score (nSPS) is 19.7. The van der Waals surface area contributed by atoms with Crippen LogP contribution in [-0.4, -0.2) is 45.0 Å². The second-order valence-corrected chi connectivity index (χ2v) is 8.33. The number of rotatable bonds is 3. The first-order valence-corrected chi connectivity index (χ1v) is 10.3. The van der Waals surface area contributed by atoms with Crippen molar-refractivity contribution in [2.75, 3.05) is 24.5 Å². The van der Waals surface area contributed by atoms with E-state index in [1.165, 1.54) is 5.69 Å². The molecule has 1 atom stereocenters. The van der Waals surface area contributed by atoms with Gasteiger partial charge in [0.15, 0.2) is 5.82 Å². The summed E-state index contributed by atoms with van der Waals surface area (Å²) < 4.78 is 2.17. The van der Waals surface area contributed by atoms with E-state index >= 15 is 0 Å². The lowest BCUT2D eigenvalue weighted by Crippen LogP contribution is -2.53. The maximum atomic E-state index is 13.3. The number of carbonyl (C=O) groups is 1. The van der Waals surface area contributed by atoms with Crippen molar-refractivity contribution in [3.8, 4) is 5.82 Å². The number of carbonyl (C=O) groups excluding carboxylic acids is 1. The monoisotopic (exact) mass is 399 g/mol. The van der Waals surface area contributed by atoms with Gasteiger partial charge < -0.3 is 14.4 Å². The molecule has 0 aliphatic carbocycles. The summed E-state index contributed by atoms with van der Waals surface area (Å²) in [6.45, 7) is 10.1. The fraction of sp³-hybridized carbons (Fsp3) is 0.292. The Bertz CT molecular complexity index is 1150. The maximum absolute atomic E-state index is 13.3. The average molecular weight is 399 g/mol. The molecule has 30 heavy (non-hydrogen) atoms. The van der Waals surface area contributed by atoms with Crippen LogP contribution < -0.4 is 4.90 Å². The summed E-state index contributed by atoms with van der Waals surface area (Å²) >= 11 is 0. The molecule has 1 spiro atoms. The second-order valence-electron chi connectivity index (χ2n) is 8.33. The van der Waals surface area contributed by atoms with E-state index in [4.69, 9.17) is 0 Å². The third-order valence-corrected chi connectivity index (χ3v) is 6.10. The highest BCUT2D eigenvalue weighted by atomic mass is 16.2. The minimum atomic E-state index is -0.321. The Morgan fingerprint density at radius 3 is 2.87 bits per heavy atom. The summed E-state index contributed by atoms with van der Waals surface area (Å²) in [4.78, 5) is 26.7. The Kier molecular flexibility index (Phi) is 4.24. The molecule has 152 valence electrons. The molecule has 1 amide bonds. The smallest absolute Gasteiger partial charge is 0.272 e. The molecular formula is C24H25N5O. The van der Waals surface area contributed by atoms with Crippen LogP contribution in [0.3, 0.4) is 0 Å². The third kappa shape index (κ3) is 2.75. The number of likely N-dealkylation sites (tertiary alicyclic amines) is 1. The summed E-state index contributed by atoms with van der Waals surface area (Å²) in [6.07, 6.45) is 4.73. The molecule has 5 rings (SSSR count). The highest BCUT2D eigenvalue weighted by Gasteiger charge is 2.50. The topological polar surface area (TPSA) is 54.3 Å². The second kappa shape index (κ2) is 6.83. The highest BCUT2D eigenvalue weighted by molar-refractivity contribution is 5.92. The van der Waals surface area contributed by atoms with Crippen LogP contribution in [0.4, 0.5) is 5.69 Å². The van der Waals surface area contributed by atoms with E-state index in [9.17, 15) is 4.79 Å². The van der Waals surface area contributed by atoms with Crippen LogP contribution >= 0.6 is 0 Å². The molecule has 0 N–H and O–H groups in total. The molecule has 0 saturated carbocycles. The van der Waals surface area contributed by atoms with Crippen molar-refractivity contribution >= 4 is 11.6 Å². The van der Waals surface area contributed by atoms with Gasteiger partial charge in [-0.3, -0.25) is 4.79 Å². The van der Waals surface area contributed by atoms with Crippen LogP contribution in [0.5, 0.6) is 0 Å². The van der Waals surface area contributed by atoms with E-state index in [0.29, 0.717) is 25.3 Å². The van der Waals surface area contributed by atoms with Gasteiger partial charge in [-0.05, 0) is 56.7 Å². The first-order chi connectivity index (χ1) is 14.5. The zero-order valence-electron chi connectivity index (χ0n) is 17.4. The van der Waals surface area contributed by atoms with E-state index in [-0.39, 0.29) is 11.4 Å². The number of amides is 1. The first-order valence-electron chi connectivity index (χ1n) is 10.3. The number of aryl methyl sites for hydroxylation is 1. The largest absolute Gasteiger partial charge is 0.351 e. The van der Waals surface area contributed by atoms with Gasteiger partial charge in [0, 0.05) is 37.7 Å². The Balaban J connectivity index is 1.58. The van der Waals surface area contributed by atoms with Crippen molar-refractivity contribution in [1.29, 1.82) is 0 Å². The zero-order valence-corrected chi connectivity index (χ0v) is 17.4. The number of hydrogen-bond acceptors (Lipinski definition) is 4. The molecular weight excluding hydrogens is 374 g/mol. The summed E-state index contributed by atoms with van der Waals surface area (Å²) in [5.41, 5.74) is 4.36. The Morgan fingerprint density at radius 2 is 2.07 bits per heavy atom. The number of anilines is 1. The Hall–Kier alpha value is -3.41. The molecule has 1 saturated heterocycles. The van der Waals surface area contributed by atoms with Gasteiger partial charge in [0.05, 0.1) is 11.4 Å². The summed E-state index contributed by atoms with van der Waals surface area (Å²) in [5, 5.41) is 0. The van der Waals surface area contributed by atoms with E-state index in [2.05, 4.69) is 50.4 Å². The number of fused-ring (bicyclic) bond motifs is 4. The van der Waals surface area contributed by atoms with Crippen LogP contribution in [0.1, 0.15) is 35.2 Å². The molecule has 6 heteroatoms. The van der Waals surface area contributed by atoms with Crippen LogP contribution in [0.2, 0.25) is 0 Å². The predicted octanol–water partition coefficient (Wildman–Crippen LogP) is 3.71. The molecule has 2 aliphatic rings. The lowest BCUT2D eigenvalue weighted by Gasteiger charge is -2.47. The van der Waals surface area contributed by atoms with Gasteiger partial charge in [0.1, 0.15) is 11.2 Å². The lowest BCUT2D eigenvalue weighted by molar-refractivity contribution is 0.0776. The Labute approximate surface area is 176 Å². The van der Waals surface area contributed by atoms with Crippen molar-refractivity contribution in [2.45, 2.75) is 25.8 Å². The van der Waals surface area contributed by atoms with Crippen LogP contribution in [0.25, 0.3) is 5.82 Å². The molecule has 3 aromatic rings. The standard InChI is InChI=1S/C24H25N5O/c1-17(2)15-29-20-9-5-12-25-22(20)28-13-6-10-21(28)24(29)11-14-27(16-24)23(30)19-8-4-7-18(3)26-19/h4-10,12-13H,1,11,14-16H2,2-3H3/t24-/m0/s1. The van der Waals surface area contributed by atoms with Gasteiger partial charge in [-0.25, -0.2) is 9.97 Å². The van der Waals surface area contributed by atoms with E-state index < -0.39 is 0 Å². The van der Waals surface area contributed by atoms with Crippen LogP contribution in [-0.2, 0) is 5.54 Å². The van der Waals surface area contributed by atoms with Gasteiger partial charge in [0.2, 0.25) is 0 Å². The summed E-state index contributed by atoms with van der Waals surface area (Å²) in [5.74, 6) is 0.912. The van der Waals surface area contributed by atoms with Crippen molar-refractivity contribution in [3.63, 3.8) is 0 Å². The van der Waals surface area contributed by atoms with Gasteiger partial charge in [-0.2, -0.15) is 0 Å². The molecule has 2 aliphatic heterocycles. The minimum Gasteiger partial charge on any atom is -0.351 e. The van der Waals surface area contributed by atoms with Gasteiger partial charge in [-0.1, -0.05) is 18.2 Å². The molecule has 0 radical (unpaired) electrons. The Morgan fingerprint density at radius 1 is 1.20 bits per heavy atom. The SMILES string of the molecule is C=C(C)CN1c2cccnc2-n2cccc2[C@@]12CCN(C(=O)c1cccc(C)n1)C2. The molecule has 0 aromatic carbocycles. The third-order valence-electron chi connectivity index (χ3n) is 6.10.